The fourth-order valence-corrected chi connectivity index (χ4v) is 4.82. The van der Waals surface area contributed by atoms with Gasteiger partial charge in [0, 0.05) is 48.5 Å². The van der Waals surface area contributed by atoms with Crippen molar-refractivity contribution in [1.82, 2.24) is 10.3 Å². The molecular formula is C22H26ClFN2O2. The molecule has 4 nitrogen and oxygen atoms in total. The Labute approximate surface area is 170 Å². The second kappa shape index (κ2) is 8.46. The molecule has 28 heavy (non-hydrogen) atoms. The summed E-state index contributed by atoms with van der Waals surface area (Å²) < 4.78 is 25.4. The molecule has 0 bridgehead atoms. The minimum atomic E-state index is -0.304. The Kier molecular flexibility index (Phi) is 5.97. The van der Waals surface area contributed by atoms with Gasteiger partial charge < -0.3 is 14.8 Å². The van der Waals surface area contributed by atoms with Crippen molar-refractivity contribution in [2.24, 2.45) is 0 Å². The van der Waals surface area contributed by atoms with Crippen LogP contribution >= 0.6 is 11.6 Å². The van der Waals surface area contributed by atoms with Crippen molar-refractivity contribution < 1.29 is 13.9 Å². The van der Waals surface area contributed by atoms with Crippen LogP contribution in [0.1, 0.15) is 36.9 Å². The average Bonchev–Trinajstić information content (AvgIpc) is 3.13. The molecule has 2 saturated heterocycles. The number of pyridine rings is 1. The highest BCUT2D eigenvalue weighted by Crippen LogP contribution is 2.46. The van der Waals surface area contributed by atoms with Crippen LogP contribution < -0.4 is 5.32 Å². The van der Waals surface area contributed by atoms with Gasteiger partial charge in [-0.05, 0) is 61.7 Å². The predicted octanol–water partition coefficient (Wildman–Crippen LogP) is 4.26. The smallest absolute Gasteiger partial charge is 0.125 e. The molecule has 0 saturated carbocycles. The third-order valence-electron chi connectivity index (χ3n) is 5.96. The summed E-state index contributed by atoms with van der Waals surface area (Å²) in [6.45, 7) is 3.54. The molecule has 6 heteroatoms. The van der Waals surface area contributed by atoms with Gasteiger partial charge in [0.25, 0.3) is 0 Å². The van der Waals surface area contributed by atoms with Gasteiger partial charge in [-0.15, -0.1) is 0 Å². The standard InChI is InChI=1S/C22H26ClFN2O2/c23-18-11-17(12-19(24)13-18)14-25-8-4-21(20-3-1-2-7-26-20)5-10-28-22(15-21)6-9-27-16-22/h1-3,7,11-13,25H,4-6,8-10,14-16H2. The number of benzene rings is 1. The van der Waals surface area contributed by atoms with Gasteiger partial charge in [-0.2, -0.15) is 0 Å². The highest BCUT2D eigenvalue weighted by atomic mass is 35.5. The highest BCUT2D eigenvalue weighted by Gasteiger charge is 2.49. The van der Waals surface area contributed by atoms with Crippen molar-refractivity contribution in [2.75, 3.05) is 26.4 Å². The van der Waals surface area contributed by atoms with Crippen molar-refractivity contribution >= 4 is 11.6 Å². The van der Waals surface area contributed by atoms with Crippen LogP contribution in [0.5, 0.6) is 0 Å². The maximum absolute atomic E-state index is 13.5. The topological polar surface area (TPSA) is 43.4 Å². The Hall–Kier alpha value is -1.53. The lowest BCUT2D eigenvalue weighted by molar-refractivity contribution is -0.109. The number of aromatic nitrogens is 1. The molecule has 150 valence electrons. The van der Waals surface area contributed by atoms with Crippen LogP contribution in [-0.4, -0.2) is 37.0 Å². The van der Waals surface area contributed by atoms with E-state index in [1.54, 1.807) is 6.07 Å². The predicted molar refractivity (Wildman–Crippen MR) is 107 cm³/mol. The molecule has 2 fully saturated rings. The molecule has 2 aromatic rings. The Morgan fingerprint density at radius 2 is 2.11 bits per heavy atom. The number of ether oxygens (including phenoxy) is 2. The van der Waals surface area contributed by atoms with Gasteiger partial charge in [0.15, 0.2) is 0 Å². The molecule has 2 unspecified atom stereocenters. The quantitative estimate of drug-likeness (QED) is 0.730. The summed E-state index contributed by atoms with van der Waals surface area (Å²) in [6.07, 6.45) is 5.62. The summed E-state index contributed by atoms with van der Waals surface area (Å²) in [5.74, 6) is -0.304. The van der Waals surface area contributed by atoms with Gasteiger partial charge in [-0.25, -0.2) is 4.39 Å². The van der Waals surface area contributed by atoms with Crippen molar-refractivity contribution in [3.05, 3.63) is 64.7 Å². The van der Waals surface area contributed by atoms with Crippen LogP contribution in [0, 0.1) is 5.82 Å². The van der Waals surface area contributed by atoms with E-state index >= 15 is 0 Å². The number of hydrogen-bond donors (Lipinski definition) is 1. The number of nitrogens with zero attached hydrogens (tertiary/aromatic N) is 1. The molecule has 1 aromatic heterocycles. The van der Waals surface area contributed by atoms with E-state index in [9.17, 15) is 4.39 Å². The van der Waals surface area contributed by atoms with Crippen LogP contribution in [-0.2, 0) is 21.4 Å². The Morgan fingerprint density at radius 3 is 2.86 bits per heavy atom. The minimum absolute atomic E-state index is 0.0419. The second-order valence-corrected chi connectivity index (χ2v) is 8.40. The van der Waals surface area contributed by atoms with Crippen LogP contribution in [0.4, 0.5) is 4.39 Å². The lowest BCUT2D eigenvalue weighted by Gasteiger charge is -2.45. The lowest BCUT2D eigenvalue weighted by Crippen LogP contribution is -2.49. The SMILES string of the molecule is Fc1cc(Cl)cc(CNCCC2(c3ccccn3)CCOC3(CCOC3)C2)c1. The Bertz CT molecular complexity index is 778. The zero-order valence-electron chi connectivity index (χ0n) is 15.9. The summed E-state index contributed by atoms with van der Waals surface area (Å²) in [6, 6.07) is 10.8. The molecule has 2 aliphatic rings. The summed E-state index contributed by atoms with van der Waals surface area (Å²) in [7, 11) is 0. The fraction of sp³-hybridized carbons (Fsp3) is 0.500. The molecule has 0 aliphatic carbocycles. The van der Waals surface area contributed by atoms with Crippen LogP contribution in [0.2, 0.25) is 5.02 Å². The molecule has 1 N–H and O–H groups in total. The van der Waals surface area contributed by atoms with Gasteiger partial charge in [-0.1, -0.05) is 17.7 Å². The number of nitrogens with one attached hydrogen (secondary N) is 1. The summed E-state index contributed by atoms with van der Waals surface area (Å²) in [5, 5.41) is 3.88. The van der Waals surface area contributed by atoms with E-state index in [-0.39, 0.29) is 16.8 Å². The lowest BCUT2D eigenvalue weighted by atomic mass is 9.68. The van der Waals surface area contributed by atoms with E-state index in [2.05, 4.69) is 17.4 Å². The van der Waals surface area contributed by atoms with E-state index in [1.807, 2.05) is 12.3 Å². The van der Waals surface area contributed by atoms with Crippen molar-refractivity contribution in [2.45, 2.75) is 43.2 Å². The van der Waals surface area contributed by atoms with E-state index < -0.39 is 0 Å². The van der Waals surface area contributed by atoms with Gasteiger partial charge in [0.2, 0.25) is 0 Å². The molecule has 3 heterocycles. The molecule has 2 aliphatic heterocycles. The first kappa shape index (κ1) is 19.8. The van der Waals surface area contributed by atoms with E-state index in [1.165, 1.54) is 12.1 Å². The van der Waals surface area contributed by atoms with Crippen molar-refractivity contribution in [3.63, 3.8) is 0 Å². The molecule has 1 spiro atoms. The summed E-state index contributed by atoms with van der Waals surface area (Å²) in [5.41, 5.74) is 1.75. The minimum Gasteiger partial charge on any atom is -0.378 e. The molecule has 4 rings (SSSR count). The van der Waals surface area contributed by atoms with Gasteiger partial charge in [-0.3, -0.25) is 4.98 Å². The van der Waals surface area contributed by atoms with Gasteiger partial charge in [0.05, 0.1) is 12.2 Å². The number of halogens is 2. The fourth-order valence-electron chi connectivity index (χ4n) is 4.57. The van der Waals surface area contributed by atoms with Crippen molar-refractivity contribution in [1.29, 1.82) is 0 Å². The number of hydrogen-bond acceptors (Lipinski definition) is 4. The molecular weight excluding hydrogens is 379 g/mol. The van der Waals surface area contributed by atoms with Gasteiger partial charge in [0.1, 0.15) is 5.82 Å². The first-order valence-corrected chi connectivity index (χ1v) is 10.3. The summed E-state index contributed by atoms with van der Waals surface area (Å²) >= 11 is 5.95. The third kappa shape index (κ3) is 4.38. The Morgan fingerprint density at radius 1 is 1.18 bits per heavy atom. The van der Waals surface area contributed by atoms with E-state index in [0.717, 1.165) is 56.7 Å². The van der Waals surface area contributed by atoms with Crippen molar-refractivity contribution in [3.8, 4) is 0 Å². The molecule has 0 amide bonds. The van der Waals surface area contributed by atoms with Crippen LogP contribution in [0.25, 0.3) is 0 Å². The van der Waals surface area contributed by atoms with E-state index in [4.69, 9.17) is 26.1 Å². The normalized spacial score (nSPS) is 27.4. The first-order chi connectivity index (χ1) is 13.6. The first-order valence-electron chi connectivity index (χ1n) is 9.88. The monoisotopic (exact) mass is 404 g/mol. The zero-order valence-corrected chi connectivity index (χ0v) is 16.7. The molecule has 1 aromatic carbocycles. The van der Waals surface area contributed by atoms with Crippen LogP contribution in [0.3, 0.4) is 0 Å². The summed E-state index contributed by atoms with van der Waals surface area (Å²) in [4.78, 5) is 4.70. The molecule has 2 atom stereocenters. The average molecular weight is 405 g/mol. The van der Waals surface area contributed by atoms with E-state index in [0.29, 0.717) is 18.2 Å². The van der Waals surface area contributed by atoms with Crippen LogP contribution in [0.15, 0.2) is 42.6 Å². The Balaban J connectivity index is 1.45. The third-order valence-corrected chi connectivity index (χ3v) is 6.17. The second-order valence-electron chi connectivity index (χ2n) is 7.96. The number of rotatable bonds is 6. The maximum atomic E-state index is 13.5. The largest absolute Gasteiger partial charge is 0.378 e. The zero-order chi connectivity index (χ0) is 19.5. The van der Waals surface area contributed by atoms with Gasteiger partial charge >= 0.3 is 0 Å². The molecule has 0 radical (unpaired) electrons. The highest BCUT2D eigenvalue weighted by molar-refractivity contribution is 6.30. The maximum Gasteiger partial charge on any atom is 0.125 e.